The van der Waals surface area contributed by atoms with Crippen molar-refractivity contribution in [2.24, 2.45) is 0 Å². The lowest BCUT2D eigenvalue weighted by Gasteiger charge is -2.38. The molecule has 0 bridgehead atoms. The van der Waals surface area contributed by atoms with Gasteiger partial charge >= 0.3 is 12.2 Å². The van der Waals surface area contributed by atoms with E-state index >= 15 is 0 Å². The highest BCUT2D eigenvalue weighted by atomic mass is 16.6. The van der Waals surface area contributed by atoms with Crippen molar-refractivity contribution in [3.63, 3.8) is 0 Å². The highest BCUT2D eigenvalue weighted by molar-refractivity contribution is 5.94. The van der Waals surface area contributed by atoms with Crippen LogP contribution in [0.2, 0.25) is 0 Å². The first kappa shape index (κ1) is 24.9. The quantitative estimate of drug-likeness (QED) is 0.526. The number of benzene rings is 2. The molecular weight excluding hydrogens is 442 g/mol. The first-order chi connectivity index (χ1) is 16.3. The normalized spacial score (nSPS) is 19.6. The molecule has 7 nitrogen and oxygen atoms in total. The van der Waals surface area contributed by atoms with Crippen LogP contribution >= 0.6 is 0 Å². The number of rotatable bonds is 2. The summed E-state index contributed by atoms with van der Waals surface area (Å²) in [6, 6.07) is 14.1. The van der Waals surface area contributed by atoms with Crippen LogP contribution in [-0.2, 0) is 9.47 Å². The Labute approximate surface area is 208 Å². The molecule has 188 valence electrons. The lowest BCUT2D eigenvalue weighted by molar-refractivity contribution is 0.0185. The summed E-state index contributed by atoms with van der Waals surface area (Å²) in [5.41, 5.74) is 3.70. The second kappa shape index (κ2) is 9.10. The number of amides is 2. The smallest absolute Gasteiger partial charge is 0.415 e. The van der Waals surface area contributed by atoms with E-state index in [-0.39, 0.29) is 24.1 Å². The Kier molecular flexibility index (Phi) is 6.47. The Balaban J connectivity index is 1.70. The molecule has 1 N–H and O–H groups in total. The zero-order valence-electron chi connectivity index (χ0n) is 21.8. The zero-order valence-corrected chi connectivity index (χ0v) is 21.8. The van der Waals surface area contributed by atoms with E-state index in [9.17, 15) is 9.59 Å². The molecule has 0 aromatic heterocycles. The molecule has 0 spiro atoms. The Morgan fingerprint density at radius 3 is 2.17 bits per heavy atom. The van der Waals surface area contributed by atoms with Gasteiger partial charge in [0, 0.05) is 30.4 Å². The molecule has 2 aromatic rings. The summed E-state index contributed by atoms with van der Waals surface area (Å²) >= 11 is 0. The molecule has 7 heteroatoms. The third-order valence-corrected chi connectivity index (χ3v) is 6.18. The average molecular weight is 480 g/mol. The summed E-state index contributed by atoms with van der Waals surface area (Å²) in [6.07, 6.45) is -0.00836. The fourth-order valence-electron chi connectivity index (χ4n) is 4.93. The molecule has 2 atom stereocenters. The highest BCUT2D eigenvalue weighted by Crippen LogP contribution is 2.48. The molecule has 35 heavy (non-hydrogen) atoms. The van der Waals surface area contributed by atoms with E-state index in [0.717, 1.165) is 28.2 Å². The molecule has 2 aromatic carbocycles. The van der Waals surface area contributed by atoms with Crippen LogP contribution in [0.3, 0.4) is 0 Å². The fourth-order valence-corrected chi connectivity index (χ4v) is 4.93. The van der Waals surface area contributed by atoms with Crippen LogP contribution in [0, 0.1) is 6.92 Å². The largest absolute Gasteiger partial charge is 0.444 e. The number of hydrogen-bond acceptors (Lipinski definition) is 5. The van der Waals surface area contributed by atoms with Gasteiger partial charge in [0.25, 0.3) is 0 Å². The number of carbonyl (C=O) groups is 2. The molecule has 0 radical (unpaired) electrons. The predicted octanol–water partition coefficient (Wildman–Crippen LogP) is 6.59. The van der Waals surface area contributed by atoms with Crippen molar-refractivity contribution in [3.8, 4) is 0 Å². The summed E-state index contributed by atoms with van der Waals surface area (Å²) < 4.78 is 11.5. The van der Waals surface area contributed by atoms with E-state index in [2.05, 4.69) is 17.4 Å². The second-order valence-corrected chi connectivity index (χ2v) is 11.5. The minimum Gasteiger partial charge on any atom is -0.444 e. The van der Waals surface area contributed by atoms with Crippen LogP contribution in [-0.4, -0.2) is 47.4 Å². The first-order valence-corrected chi connectivity index (χ1v) is 12.3. The van der Waals surface area contributed by atoms with Gasteiger partial charge in [0.15, 0.2) is 0 Å². The van der Waals surface area contributed by atoms with Crippen LogP contribution in [0.25, 0.3) is 0 Å². The van der Waals surface area contributed by atoms with Gasteiger partial charge in [0.05, 0.1) is 11.7 Å². The Bertz CT molecular complexity index is 1100. The molecule has 0 saturated carbocycles. The summed E-state index contributed by atoms with van der Waals surface area (Å²) in [7, 11) is 0. The van der Waals surface area contributed by atoms with Crippen molar-refractivity contribution >= 4 is 29.2 Å². The summed E-state index contributed by atoms with van der Waals surface area (Å²) in [6.45, 7) is 14.3. The van der Waals surface area contributed by atoms with Gasteiger partial charge in [0.1, 0.15) is 11.2 Å². The number of fused-ring (bicyclic) bond motifs is 3. The van der Waals surface area contributed by atoms with Crippen molar-refractivity contribution in [1.82, 2.24) is 4.90 Å². The van der Waals surface area contributed by atoms with Crippen molar-refractivity contribution in [2.45, 2.75) is 78.0 Å². The van der Waals surface area contributed by atoms with Gasteiger partial charge in [-0.05, 0) is 90.3 Å². The molecular formula is C28H37N3O4. The van der Waals surface area contributed by atoms with Gasteiger partial charge in [-0.2, -0.15) is 0 Å². The highest BCUT2D eigenvalue weighted by Gasteiger charge is 2.48. The number of carbonyl (C=O) groups excluding carboxylic acids is 2. The van der Waals surface area contributed by atoms with Crippen LogP contribution < -0.4 is 10.2 Å². The van der Waals surface area contributed by atoms with Gasteiger partial charge in [-0.15, -0.1) is 0 Å². The molecule has 1 fully saturated rings. The van der Waals surface area contributed by atoms with Gasteiger partial charge in [-0.3, -0.25) is 4.90 Å². The van der Waals surface area contributed by atoms with Crippen LogP contribution in [0.15, 0.2) is 42.5 Å². The van der Waals surface area contributed by atoms with Gasteiger partial charge < -0.3 is 19.7 Å². The van der Waals surface area contributed by atoms with Gasteiger partial charge in [-0.25, -0.2) is 9.59 Å². The van der Waals surface area contributed by atoms with Crippen molar-refractivity contribution in [1.29, 1.82) is 0 Å². The van der Waals surface area contributed by atoms with Crippen molar-refractivity contribution in [3.05, 3.63) is 53.6 Å². The van der Waals surface area contributed by atoms with E-state index in [1.165, 1.54) is 0 Å². The molecule has 0 aliphatic carbocycles. The lowest BCUT2D eigenvalue weighted by atomic mass is 9.88. The Hall–Kier alpha value is -3.22. The fraction of sp³-hybridized carbons (Fsp3) is 0.500. The SMILES string of the molecule is Cc1cc(Nc2ccccc2)cc2c1N(C(=O)OC(C)(C)C)[C@H]1CCN(C(=O)OC(C)(C)C)C[C@@H]21. The standard InChI is InChI=1S/C28H37N3O4/c1-18-15-20(29-19-11-9-8-10-12-19)16-21-22-17-30(25(32)34-27(2,3)4)14-13-23(22)31(24(18)21)26(33)35-28(5,6)7/h8-12,15-16,22-23,29H,13-14,17H2,1-7H3/t22-,23-/m0/s1. The van der Waals surface area contributed by atoms with E-state index in [0.29, 0.717) is 19.5 Å². The molecule has 4 rings (SSSR count). The maximum Gasteiger partial charge on any atom is 0.415 e. The maximum absolute atomic E-state index is 13.4. The molecule has 0 unspecified atom stereocenters. The average Bonchev–Trinajstić information content (AvgIpc) is 3.06. The molecule has 2 amide bonds. The van der Waals surface area contributed by atoms with Crippen LogP contribution in [0.1, 0.15) is 65.0 Å². The molecule has 2 aliphatic heterocycles. The Morgan fingerprint density at radius 2 is 1.54 bits per heavy atom. The van der Waals surface area contributed by atoms with Crippen LogP contribution in [0.5, 0.6) is 0 Å². The van der Waals surface area contributed by atoms with Gasteiger partial charge in [-0.1, -0.05) is 18.2 Å². The minimum atomic E-state index is -0.602. The number of nitrogens with one attached hydrogen (secondary N) is 1. The first-order valence-electron chi connectivity index (χ1n) is 12.3. The van der Waals surface area contributed by atoms with E-state index in [1.807, 2.05) is 83.7 Å². The number of para-hydroxylation sites is 1. The number of likely N-dealkylation sites (tertiary alicyclic amines) is 1. The third kappa shape index (κ3) is 5.55. The third-order valence-electron chi connectivity index (χ3n) is 6.18. The van der Waals surface area contributed by atoms with E-state index < -0.39 is 11.2 Å². The minimum absolute atomic E-state index is 0.0324. The summed E-state index contributed by atoms with van der Waals surface area (Å²) in [4.78, 5) is 29.9. The monoisotopic (exact) mass is 479 g/mol. The number of anilines is 3. The lowest BCUT2D eigenvalue weighted by Crippen LogP contribution is -2.51. The number of nitrogens with zero attached hydrogens (tertiary/aromatic N) is 2. The zero-order chi connectivity index (χ0) is 25.5. The summed E-state index contributed by atoms with van der Waals surface area (Å²) in [5, 5.41) is 3.48. The van der Waals surface area contributed by atoms with Crippen molar-refractivity contribution in [2.75, 3.05) is 23.3 Å². The van der Waals surface area contributed by atoms with E-state index in [1.54, 1.807) is 4.90 Å². The molecule has 2 aliphatic rings. The number of piperidine rings is 1. The summed E-state index contributed by atoms with van der Waals surface area (Å²) in [5.74, 6) is -0.0324. The van der Waals surface area contributed by atoms with Crippen LogP contribution in [0.4, 0.5) is 26.7 Å². The molecule has 1 saturated heterocycles. The van der Waals surface area contributed by atoms with E-state index in [4.69, 9.17) is 9.47 Å². The maximum atomic E-state index is 13.4. The van der Waals surface area contributed by atoms with Gasteiger partial charge in [0.2, 0.25) is 0 Å². The number of ether oxygens (including phenoxy) is 2. The Morgan fingerprint density at radius 1 is 0.914 bits per heavy atom. The number of aryl methyl sites for hydroxylation is 1. The predicted molar refractivity (Wildman–Crippen MR) is 139 cm³/mol. The topological polar surface area (TPSA) is 71.1 Å². The number of hydrogen-bond donors (Lipinski definition) is 1. The van der Waals surface area contributed by atoms with Crippen molar-refractivity contribution < 1.29 is 19.1 Å². The molecule has 2 heterocycles. The second-order valence-electron chi connectivity index (χ2n) is 11.5.